The molecular formula is C21H26N2O2. The number of rotatable bonds is 7. The van der Waals surface area contributed by atoms with E-state index < -0.39 is 0 Å². The summed E-state index contributed by atoms with van der Waals surface area (Å²) >= 11 is 0. The van der Waals surface area contributed by atoms with Crippen LogP contribution in [0, 0.1) is 13.8 Å². The molecule has 0 fully saturated rings. The summed E-state index contributed by atoms with van der Waals surface area (Å²) < 4.78 is 0. The van der Waals surface area contributed by atoms with E-state index in [2.05, 4.69) is 42.7 Å². The molecule has 0 aromatic heterocycles. The van der Waals surface area contributed by atoms with E-state index in [0.717, 1.165) is 24.1 Å². The fourth-order valence-corrected chi connectivity index (χ4v) is 2.79. The molecule has 132 valence electrons. The molecule has 0 bridgehead atoms. The number of hydrogen-bond donors (Lipinski definition) is 2. The maximum atomic E-state index is 12.0. The standard InChI is InChI=1S/C21H26N2O2/c1-15-6-9-19(16(2)13-15)5-4-12-22-21(25)14-18-7-10-20(11-8-18)23-17(3)24/h6-11,13H,4-5,12,14H2,1-3H3,(H,22,25)(H,23,24). The van der Waals surface area contributed by atoms with Gasteiger partial charge < -0.3 is 10.6 Å². The average molecular weight is 338 g/mol. The maximum absolute atomic E-state index is 12.0. The Kier molecular flexibility index (Phi) is 6.75. The quantitative estimate of drug-likeness (QED) is 0.759. The molecule has 0 atom stereocenters. The molecule has 0 aliphatic heterocycles. The summed E-state index contributed by atoms with van der Waals surface area (Å²) in [4.78, 5) is 23.0. The Balaban J connectivity index is 1.72. The zero-order valence-electron chi connectivity index (χ0n) is 15.2. The molecule has 2 N–H and O–H groups in total. The molecule has 0 aliphatic rings. The van der Waals surface area contributed by atoms with Crippen LogP contribution in [0.25, 0.3) is 0 Å². The molecule has 0 saturated carbocycles. The monoisotopic (exact) mass is 338 g/mol. The number of anilines is 1. The fourth-order valence-electron chi connectivity index (χ4n) is 2.79. The normalized spacial score (nSPS) is 10.4. The van der Waals surface area contributed by atoms with Crippen LogP contribution in [0.1, 0.15) is 35.6 Å². The van der Waals surface area contributed by atoms with Gasteiger partial charge in [0.05, 0.1) is 6.42 Å². The predicted octanol–water partition coefficient (Wildman–Crippen LogP) is 3.55. The molecular weight excluding hydrogens is 312 g/mol. The van der Waals surface area contributed by atoms with Gasteiger partial charge >= 0.3 is 0 Å². The Labute approximate surface area is 149 Å². The summed E-state index contributed by atoms with van der Waals surface area (Å²) in [5, 5.41) is 5.68. The van der Waals surface area contributed by atoms with E-state index in [1.54, 1.807) is 0 Å². The Morgan fingerprint density at radius 1 is 1.00 bits per heavy atom. The maximum Gasteiger partial charge on any atom is 0.224 e. The second-order valence-corrected chi connectivity index (χ2v) is 6.44. The van der Waals surface area contributed by atoms with Crippen molar-refractivity contribution in [1.29, 1.82) is 0 Å². The molecule has 0 unspecified atom stereocenters. The lowest BCUT2D eigenvalue weighted by Gasteiger charge is -2.09. The highest BCUT2D eigenvalue weighted by Crippen LogP contribution is 2.12. The van der Waals surface area contributed by atoms with Gasteiger partial charge in [-0.25, -0.2) is 0 Å². The molecule has 0 spiro atoms. The first-order valence-corrected chi connectivity index (χ1v) is 8.63. The smallest absolute Gasteiger partial charge is 0.224 e. The Hall–Kier alpha value is -2.62. The largest absolute Gasteiger partial charge is 0.356 e. The van der Waals surface area contributed by atoms with Crippen molar-refractivity contribution in [3.05, 3.63) is 64.7 Å². The van der Waals surface area contributed by atoms with E-state index >= 15 is 0 Å². The number of aryl methyl sites for hydroxylation is 3. The van der Waals surface area contributed by atoms with Crippen molar-refractivity contribution in [3.8, 4) is 0 Å². The van der Waals surface area contributed by atoms with E-state index in [0.29, 0.717) is 13.0 Å². The highest BCUT2D eigenvalue weighted by atomic mass is 16.2. The van der Waals surface area contributed by atoms with Gasteiger partial charge in [0, 0.05) is 19.2 Å². The molecule has 0 heterocycles. The van der Waals surface area contributed by atoms with Crippen molar-refractivity contribution >= 4 is 17.5 Å². The lowest BCUT2D eigenvalue weighted by atomic mass is 10.0. The zero-order valence-corrected chi connectivity index (χ0v) is 15.2. The third-order valence-corrected chi connectivity index (χ3v) is 4.08. The lowest BCUT2D eigenvalue weighted by Crippen LogP contribution is -2.26. The first-order valence-electron chi connectivity index (χ1n) is 8.63. The lowest BCUT2D eigenvalue weighted by molar-refractivity contribution is -0.120. The predicted molar refractivity (Wildman–Crippen MR) is 102 cm³/mol. The number of carbonyl (C=O) groups excluding carboxylic acids is 2. The minimum absolute atomic E-state index is 0.0212. The highest BCUT2D eigenvalue weighted by Gasteiger charge is 2.04. The zero-order chi connectivity index (χ0) is 18.2. The molecule has 25 heavy (non-hydrogen) atoms. The van der Waals surface area contributed by atoms with Gasteiger partial charge in [-0.3, -0.25) is 9.59 Å². The number of amides is 2. The molecule has 2 amide bonds. The van der Waals surface area contributed by atoms with Gasteiger partial charge in [0.1, 0.15) is 0 Å². The molecule has 4 nitrogen and oxygen atoms in total. The van der Waals surface area contributed by atoms with Crippen LogP contribution in [0.4, 0.5) is 5.69 Å². The SMILES string of the molecule is CC(=O)Nc1ccc(CC(=O)NCCCc2ccc(C)cc2C)cc1. The third-order valence-electron chi connectivity index (χ3n) is 4.08. The van der Waals surface area contributed by atoms with Crippen LogP contribution >= 0.6 is 0 Å². The number of nitrogens with one attached hydrogen (secondary N) is 2. The van der Waals surface area contributed by atoms with Crippen LogP contribution in [-0.2, 0) is 22.4 Å². The Morgan fingerprint density at radius 3 is 2.36 bits per heavy atom. The summed E-state index contributed by atoms with van der Waals surface area (Å²) in [6.45, 7) is 6.38. The summed E-state index contributed by atoms with van der Waals surface area (Å²) in [5.74, 6) is -0.0813. The summed E-state index contributed by atoms with van der Waals surface area (Å²) in [6.07, 6.45) is 2.25. The second kappa shape index (κ2) is 9.02. The van der Waals surface area contributed by atoms with Crippen molar-refractivity contribution in [2.45, 2.75) is 40.0 Å². The van der Waals surface area contributed by atoms with Gasteiger partial charge in [-0.05, 0) is 55.5 Å². The summed E-state index contributed by atoms with van der Waals surface area (Å²) in [5.41, 5.74) is 5.60. The van der Waals surface area contributed by atoms with Gasteiger partial charge in [0.15, 0.2) is 0 Å². The van der Waals surface area contributed by atoms with Crippen LogP contribution in [0.3, 0.4) is 0 Å². The van der Waals surface area contributed by atoms with Crippen LogP contribution in [0.5, 0.6) is 0 Å². The number of benzene rings is 2. The Morgan fingerprint density at radius 2 is 1.72 bits per heavy atom. The van der Waals surface area contributed by atoms with Crippen LogP contribution in [0.15, 0.2) is 42.5 Å². The van der Waals surface area contributed by atoms with Crippen molar-refractivity contribution in [1.82, 2.24) is 5.32 Å². The molecule has 0 radical (unpaired) electrons. The highest BCUT2D eigenvalue weighted by molar-refractivity contribution is 5.88. The first kappa shape index (κ1) is 18.7. The number of hydrogen-bond acceptors (Lipinski definition) is 2. The first-order chi connectivity index (χ1) is 11.9. The van der Waals surface area contributed by atoms with E-state index in [4.69, 9.17) is 0 Å². The molecule has 2 aromatic rings. The van der Waals surface area contributed by atoms with Crippen molar-refractivity contribution in [3.63, 3.8) is 0 Å². The van der Waals surface area contributed by atoms with E-state index in [1.165, 1.54) is 23.6 Å². The van der Waals surface area contributed by atoms with Crippen LogP contribution < -0.4 is 10.6 Å². The Bertz CT molecular complexity index is 736. The van der Waals surface area contributed by atoms with E-state index in [9.17, 15) is 9.59 Å². The van der Waals surface area contributed by atoms with Crippen molar-refractivity contribution < 1.29 is 9.59 Å². The van der Waals surface area contributed by atoms with Gasteiger partial charge in [0.25, 0.3) is 0 Å². The third kappa shape index (κ3) is 6.42. The second-order valence-electron chi connectivity index (χ2n) is 6.44. The fraction of sp³-hybridized carbons (Fsp3) is 0.333. The van der Waals surface area contributed by atoms with Crippen LogP contribution in [-0.4, -0.2) is 18.4 Å². The van der Waals surface area contributed by atoms with E-state index in [1.807, 2.05) is 24.3 Å². The molecule has 2 aromatic carbocycles. The topological polar surface area (TPSA) is 58.2 Å². The van der Waals surface area contributed by atoms with Gasteiger partial charge in [-0.15, -0.1) is 0 Å². The van der Waals surface area contributed by atoms with Gasteiger partial charge in [-0.1, -0.05) is 35.9 Å². The summed E-state index contributed by atoms with van der Waals surface area (Å²) in [6, 6.07) is 13.8. The minimum Gasteiger partial charge on any atom is -0.356 e. The molecule has 0 aliphatic carbocycles. The number of carbonyl (C=O) groups is 2. The minimum atomic E-state index is -0.102. The molecule has 0 saturated heterocycles. The average Bonchev–Trinajstić information content (AvgIpc) is 2.54. The molecule has 4 heteroatoms. The summed E-state index contributed by atoms with van der Waals surface area (Å²) in [7, 11) is 0. The van der Waals surface area contributed by atoms with Gasteiger partial charge in [0.2, 0.25) is 11.8 Å². The molecule has 2 rings (SSSR count). The van der Waals surface area contributed by atoms with Crippen LogP contribution in [0.2, 0.25) is 0 Å². The van der Waals surface area contributed by atoms with Crippen molar-refractivity contribution in [2.24, 2.45) is 0 Å². The van der Waals surface area contributed by atoms with E-state index in [-0.39, 0.29) is 11.8 Å². The van der Waals surface area contributed by atoms with Crippen molar-refractivity contribution in [2.75, 3.05) is 11.9 Å². The van der Waals surface area contributed by atoms with Gasteiger partial charge in [-0.2, -0.15) is 0 Å².